The molecule has 0 saturated carbocycles. The van der Waals surface area contributed by atoms with E-state index in [2.05, 4.69) is 31.1 Å². The molecule has 0 bridgehead atoms. The van der Waals surface area contributed by atoms with Gasteiger partial charge in [-0.1, -0.05) is 25.9 Å². The van der Waals surface area contributed by atoms with E-state index >= 15 is 0 Å². The standard InChI is InChI=1S/C11H21BN3O/c1-8(2)16-9(3)11(4,5)10-7-15(12-6)14-13-10/h7-9H,1-6H3. The van der Waals surface area contributed by atoms with Gasteiger partial charge in [0.05, 0.1) is 17.9 Å². The van der Waals surface area contributed by atoms with E-state index in [0.29, 0.717) is 0 Å². The fourth-order valence-corrected chi connectivity index (χ4v) is 1.48. The van der Waals surface area contributed by atoms with Crippen LogP contribution in [0.4, 0.5) is 0 Å². The Morgan fingerprint density at radius 3 is 2.44 bits per heavy atom. The molecule has 1 radical (unpaired) electrons. The van der Waals surface area contributed by atoms with Crippen molar-refractivity contribution in [1.29, 1.82) is 0 Å². The van der Waals surface area contributed by atoms with Crippen LogP contribution in [0, 0.1) is 0 Å². The maximum Gasteiger partial charge on any atom is 0.278 e. The van der Waals surface area contributed by atoms with Crippen molar-refractivity contribution in [3.63, 3.8) is 0 Å². The van der Waals surface area contributed by atoms with Gasteiger partial charge in [-0.25, -0.2) is 0 Å². The van der Waals surface area contributed by atoms with E-state index in [1.54, 1.807) is 4.59 Å². The van der Waals surface area contributed by atoms with Gasteiger partial charge in [-0.2, -0.15) is 0 Å². The van der Waals surface area contributed by atoms with Crippen LogP contribution in [0.25, 0.3) is 0 Å². The lowest BCUT2D eigenvalue weighted by Crippen LogP contribution is -2.35. The second-order valence-corrected chi connectivity index (χ2v) is 4.89. The van der Waals surface area contributed by atoms with E-state index in [4.69, 9.17) is 4.74 Å². The van der Waals surface area contributed by atoms with Gasteiger partial charge in [0.25, 0.3) is 7.41 Å². The topological polar surface area (TPSA) is 39.9 Å². The average molecular weight is 222 g/mol. The molecule has 5 heteroatoms. The average Bonchev–Trinajstić information content (AvgIpc) is 2.65. The maximum absolute atomic E-state index is 5.83. The van der Waals surface area contributed by atoms with Gasteiger partial charge in [-0.15, -0.1) is 5.10 Å². The summed E-state index contributed by atoms with van der Waals surface area (Å²) in [5.74, 6) is 0. The van der Waals surface area contributed by atoms with E-state index in [-0.39, 0.29) is 17.6 Å². The quantitative estimate of drug-likeness (QED) is 0.714. The first-order chi connectivity index (χ1) is 7.37. The molecule has 0 amide bonds. The molecule has 4 nitrogen and oxygen atoms in total. The first-order valence-corrected chi connectivity index (χ1v) is 5.75. The van der Waals surface area contributed by atoms with Crippen molar-refractivity contribution >= 4 is 7.41 Å². The molecule has 1 aromatic rings. The summed E-state index contributed by atoms with van der Waals surface area (Å²) in [6, 6.07) is 0. The maximum atomic E-state index is 5.83. The van der Waals surface area contributed by atoms with Gasteiger partial charge >= 0.3 is 0 Å². The SMILES string of the molecule is C[B]n1cc(C(C)(C)C(C)OC(C)C)nn1. The molecule has 16 heavy (non-hydrogen) atoms. The number of aromatic nitrogens is 3. The highest BCUT2D eigenvalue weighted by Crippen LogP contribution is 2.27. The van der Waals surface area contributed by atoms with Crippen LogP contribution in [0.15, 0.2) is 6.20 Å². The van der Waals surface area contributed by atoms with Crippen molar-refractivity contribution in [1.82, 2.24) is 14.9 Å². The monoisotopic (exact) mass is 222 g/mol. The first-order valence-electron chi connectivity index (χ1n) is 5.75. The minimum atomic E-state index is -0.133. The second kappa shape index (κ2) is 5.00. The third-order valence-corrected chi connectivity index (χ3v) is 2.93. The lowest BCUT2D eigenvalue weighted by atomic mass is 9.84. The fraction of sp³-hybridized carbons (Fsp3) is 0.818. The zero-order valence-corrected chi connectivity index (χ0v) is 11.1. The molecule has 0 aliphatic rings. The van der Waals surface area contributed by atoms with Crippen LogP contribution in [0.3, 0.4) is 0 Å². The van der Waals surface area contributed by atoms with E-state index in [1.165, 1.54) is 0 Å². The summed E-state index contributed by atoms with van der Waals surface area (Å²) < 4.78 is 7.55. The Labute approximate surface area is 98.6 Å². The Bertz CT molecular complexity index is 336. The number of hydrogen-bond donors (Lipinski definition) is 0. The molecule has 0 aromatic carbocycles. The number of hydrogen-bond acceptors (Lipinski definition) is 3. The molecule has 0 saturated heterocycles. The Morgan fingerprint density at radius 1 is 1.38 bits per heavy atom. The lowest BCUT2D eigenvalue weighted by molar-refractivity contribution is -0.0206. The Kier molecular flexibility index (Phi) is 4.13. The summed E-state index contributed by atoms with van der Waals surface area (Å²) in [5, 5.41) is 8.21. The molecule has 1 rings (SSSR count). The van der Waals surface area contributed by atoms with Crippen molar-refractivity contribution in [2.24, 2.45) is 0 Å². The van der Waals surface area contributed by atoms with Crippen molar-refractivity contribution in [2.75, 3.05) is 0 Å². The third-order valence-electron chi connectivity index (χ3n) is 2.93. The Morgan fingerprint density at radius 2 is 2.00 bits per heavy atom. The van der Waals surface area contributed by atoms with Crippen LogP contribution in [-0.4, -0.2) is 34.5 Å². The van der Waals surface area contributed by atoms with E-state index < -0.39 is 0 Å². The molecule has 0 N–H and O–H groups in total. The smallest absolute Gasteiger partial charge is 0.278 e. The number of ether oxygens (including phenoxy) is 1. The summed E-state index contributed by atoms with van der Waals surface area (Å²) >= 11 is 0. The van der Waals surface area contributed by atoms with Crippen LogP contribution in [0.1, 0.15) is 40.3 Å². The van der Waals surface area contributed by atoms with Gasteiger partial charge in [0.15, 0.2) is 0 Å². The van der Waals surface area contributed by atoms with Gasteiger partial charge in [-0.3, -0.25) is 0 Å². The van der Waals surface area contributed by atoms with Gasteiger partial charge < -0.3 is 9.33 Å². The normalized spacial score (nSPS) is 14.2. The summed E-state index contributed by atoms with van der Waals surface area (Å²) in [4.78, 5) is 0. The van der Waals surface area contributed by atoms with E-state index in [0.717, 1.165) is 5.69 Å². The summed E-state index contributed by atoms with van der Waals surface area (Å²) in [5.41, 5.74) is 0.824. The highest BCUT2D eigenvalue weighted by atomic mass is 16.5. The molecule has 1 heterocycles. The first kappa shape index (κ1) is 13.2. The summed E-state index contributed by atoms with van der Waals surface area (Å²) in [7, 11) is 1.88. The third kappa shape index (κ3) is 2.85. The molecule has 0 aliphatic heterocycles. The van der Waals surface area contributed by atoms with Gasteiger partial charge in [0.1, 0.15) is 0 Å². The molecule has 0 spiro atoms. The highest BCUT2D eigenvalue weighted by Gasteiger charge is 2.32. The van der Waals surface area contributed by atoms with Crippen molar-refractivity contribution in [3.05, 3.63) is 11.9 Å². The van der Waals surface area contributed by atoms with Crippen LogP contribution in [-0.2, 0) is 10.2 Å². The van der Waals surface area contributed by atoms with Crippen LogP contribution in [0.2, 0.25) is 6.82 Å². The van der Waals surface area contributed by atoms with Crippen LogP contribution < -0.4 is 0 Å². The molecular formula is C11H21BN3O. The zero-order valence-electron chi connectivity index (χ0n) is 11.1. The molecule has 89 valence electrons. The summed E-state index contributed by atoms with van der Waals surface area (Å²) in [6.45, 7) is 12.4. The van der Waals surface area contributed by atoms with E-state index in [9.17, 15) is 0 Å². The zero-order chi connectivity index (χ0) is 12.3. The highest BCUT2D eigenvalue weighted by molar-refractivity contribution is 6.30. The van der Waals surface area contributed by atoms with E-state index in [1.807, 2.05) is 34.3 Å². The molecular weight excluding hydrogens is 201 g/mol. The Hall–Kier alpha value is -0.835. The predicted octanol–water partition coefficient (Wildman–Crippen LogP) is 1.88. The minimum Gasteiger partial charge on any atom is -0.375 e. The number of nitrogens with zero attached hydrogens (tertiary/aromatic N) is 3. The van der Waals surface area contributed by atoms with Crippen LogP contribution >= 0.6 is 0 Å². The number of rotatable bonds is 5. The lowest BCUT2D eigenvalue weighted by Gasteiger charge is -2.31. The van der Waals surface area contributed by atoms with Gasteiger partial charge in [0.2, 0.25) is 0 Å². The molecule has 1 unspecified atom stereocenters. The van der Waals surface area contributed by atoms with Crippen molar-refractivity contribution in [2.45, 2.75) is 59.1 Å². The fourth-order valence-electron chi connectivity index (χ4n) is 1.48. The van der Waals surface area contributed by atoms with Gasteiger partial charge in [-0.05, 0) is 20.8 Å². The summed E-state index contributed by atoms with van der Waals surface area (Å²) in [6.07, 6.45) is 2.27. The second-order valence-electron chi connectivity index (χ2n) is 4.89. The predicted molar refractivity (Wildman–Crippen MR) is 65.7 cm³/mol. The molecule has 1 atom stereocenters. The Balaban J connectivity index is 2.83. The molecule has 0 aliphatic carbocycles. The van der Waals surface area contributed by atoms with Gasteiger partial charge in [0, 0.05) is 11.6 Å². The van der Waals surface area contributed by atoms with Crippen LogP contribution in [0.5, 0.6) is 0 Å². The molecule has 0 fully saturated rings. The van der Waals surface area contributed by atoms with Crippen molar-refractivity contribution < 1.29 is 4.74 Å². The largest absolute Gasteiger partial charge is 0.375 e. The minimum absolute atomic E-state index is 0.106. The molecule has 1 aromatic heterocycles. The van der Waals surface area contributed by atoms with Crippen molar-refractivity contribution in [3.8, 4) is 0 Å².